The maximum atomic E-state index is 12.2. The number of nitrogens with one attached hydrogen (secondary N) is 2. The van der Waals surface area contributed by atoms with Gasteiger partial charge in [-0.25, -0.2) is 0 Å². The highest BCUT2D eigenvalue weighted by Crippen LogP contribution is 2.03. The van der Waals surface area contributed by atoms with E-state index in [-0.39, 0.29) is 29.9 Å². The van der Waals surface area contributed by atoms with Crippen LogP contribution in [0.4, 0.5) is 0 Å². The van der Waals surface area contributed by atoms with Crippen LogP contribution in [-0.4, -0.2) is 37.4 Å². The van der Waals surface area contributed by atoms with Gasteiger partial charge in [0.05, 0.1) is 0 Å². The lowest BCUT2D eigenvalue weighted by molar-refractivity contribution is -0.130. The van der Waals surface area contributed by atoms with Gasteiger partial charge >= 0.3 is 0 Å². The van der Waals surface area contributed by atoms with Gasteiger partial charge in [-0.3, -0.25) is 9.79 Å². The SMILES string of the molecule is CN=C(NCCC(=O)N(C)Cc1ccccc1)NCc1ccccc1.I. The number of benzene rings is 2. The second-order valence-corrected chi connectivity index (χ2v) is 5.82. The molecule has 0 saturated heterocycles. The Morgan fingerprint density at radius 3 is 2.12 bits per heavy atom. The highest BCUT2D eigenvalue weighted by Gasteiger charge is 2.09. The molecule has 2 aromatic carbocycles. The average molecular weight is 466 g/mol. The van der Waals surface area contributed by atoms with Crippen molar-refractivity contribution in [2.45, 2.75) is 19.5 Å². The normalized spacial score (nSPS) is 10.6. The molecule has 26 heavy (non-hydrogen) atoms. The fraction of sp³-hybridized carbons (Fsp3) is 0.300. The van der Waals surface area contributed by atoms with Gasteiger partial charge in [-0.2, -0.15) is 0 Å². The molecule has 0 radical (unpaired) electrons. The maximum absolute atomic E-state index is 12.2. The number of rotatable bonds is 7. The molecule has 0 bridgehead atoms. The summed E-state index contributed by atoms with van der Waals surface area (Å²) in [5, 5.41) is 6.42. The van der Waals surface area contributed by atoms with E-state index in [2.05, 4.69) is 27.8 Å². The summed E-state index contributed by atoms with van der Waals surface area (Å²) in [5.41, 5.74) is 2.32. The van der Waals surface area contributed by atoms with Crippen LogP contribution in [0.1, 0.15) is 17.5 Å². The lowest BCUT2D eigenvalue weighted by Crippen LogP contribution is -2.39. The number of nitrogens with zero attached hydrogens (tertiary/aromatic N) is 2. The summed E-state index contributed by atoms with van der Waals surface area (Å²) in [7, 11) is 3.56. The van der Waals surface area contributed by atoms with E-state index in [1.165, 1.54) is 5.56 Å². The number of carbonyl (C=O) groups excluding carboxylic acids is 1. The Bertz CT molecular complexity index is 677. The van der Waals surface area contributed by atoms with Crippen molar-refractivity contribution >= 4 is 35.8 Å². The second kappa shape index (κ2) is 12.3. The number of amides is 1. The molecule has 0 heterocycles. The van der Waals surface area contributed by atoms with Crippen LogP contribution in [-0.2, 0) is 17.9 Å². The molecule has 0 atom stereocenters. The molecule has 1 amide bonds. The quantitative estimate of drug-likeness (QED) is 0.375. The summed E-state index contributed by atoms with van der Waals surface area (Å²) in [6.07, 6.45) is 0.426. The first-order chi connectivity index (χ1) is 12.2. The van der Waals surface area contributed by atoms with Crippen LogP contribution >= 0.6 is 24.0 Å². The monoisotopic (exact) mass is 466 g/mol. The van der Waals surface area contributed by atoms with E-state index in [4.69, 9.17) is 0 Å². The first-order valence-corrected chi connectivity index (χ1v) is 8.45. The first kappa shape index (κ1) is 22.0. The van der Waals surface area contributed by atoms with Gasteiger partial charge in [0.1, 0.15) is 0 Å². The Labute approximate surface area is 172 Å². The third kappa shape index (κ3) is 7.86. The summed E-state index contributed by atoms with van der Waals surface area (Å²) in [5.74, 6) is 0.803. The first-order valence-electron chi connectivity index (χ1n) is 8.45. The summed E-state index contributed by atoms with van der Waals surface area (Å²) >= 11 is 0. The smallest absolute Gasteiger partial charge is 0.224 e. The average Bonchev–Trinajstić information content (AvgIpc) is 2.66. The van der Waals surface area contributed by atoms with Crippen LogP contribution in [0.15, 0.2) is 65.7 Å². The number of aliphatic imine (C=N–C) groups is 1. The van der Waals surface area contributed by atoms with Crippen LogP contribution in [0.2, 0.25) is 0 Å². The van der Waals surface area contributed by atoms with Crippen molar-refractivity contribution < 1.29 is 4.79 Å². The molecule has 0 unspecified atom stereocenters. The second-order valence-electron chi connectivity index (χ2n) is 5.82. The Balaban J connectivity index is 0.00000338. The molecule has 6 heteroatoms. The Hall–Kier alpha value is -2.09. The minimum Gasteiger partial charge on any atom is -0.356 e. The molecule has 2 N–H and O–H groups in total. The van der Waals surface area contributed by atoms with E-state index >= 15 is 0 Å². The van der Waals surface area contributed by atoms with Gasteiger partial charge in [0, 0.05) is 40.2 Å². The predicted octanol–water partition coefficient (Wildman–Crippen LogP) is 3.02. The van der Waals surface area contributed by atoms with Gasteiger partial charge in [0.15, 0.2) is 5.96 Å². The standard InChI is InChI=1S/C20H26N4O.HI/c1-21-20(23-15-17-9-5-3-6-10-17)22-14-13-19(25)24(2)16-18-11-7-4-8-12-18;/h3-12H,13-16H2,1-2H3,(H2,21,22,23);1H. The molecule has 0 saturated carbocycles. The van der Waals surface area contributed by atoms with E-state index in [0.717, 1.165) is 5.56 Å². The number of hydrogen-bond acceptors (Lipinski definition) is 2. The third-order valence-corrected chi connectivity index (χ3v) is 3.85. The highest BCUT2D eigenvalue weighted by atomic mass is 127. The van der Waals surface area contributed by atoms with Crippen molar-refractivity contribution in [1.29, 1.82) is 0 Å². The molecule has 0 aliphatic rings. The van der Waals surface area contributed by atoms with Crippen molar-refractivity contribution in [1.82, 2.24) is 15.5 Å². The molecular weight excluding hydrogens is 439 g/mol. The number of carbonyl (C=O) groups is 1. The van der Waals surface area contributed by atoms with Crippen molar-refractivity contribution in [2.75, 3.05) is 20.6 Å². The fourth-order valence-electron chi connectivity index (χ4n) is 2.43. The minimum atomic E-state index is 0. The van der Waals surface area contributed by atoms with E-state index in [1.54, 1.807) is 11.9 Å². The lowest BCUT2D eigenvalue weighted by Gasteiger charge is -2.18. The van der Waals surface area contributed by atoms with Crippen LogP contribution in [0.25, 0.3) is 0 Å². The van der Waals surface area contributed by atoms with Gasteiger partial charge < -0.3 is 15.5 Å². The van der Waals surface area contributed by atoms with Gasteiger partial charge in [0.25, 0.3) is 0 Å². The Morgan fingerprint density at radius 2 is 1.54 bits per heavy atom. The third-order valence-electron chi connectivity index (χ3n) is 3.85. The van der Waals surface area contributed by atoms with Crippen molar-refractivity contribution in [3.05, 3.63) is 71.8 Å². The molecule has 5 nitrogen and oxygen atoms in total. The molecule has 0 aliphatic carbocycles. The summed E-state index contributed by atoms with van der Waals surface area (Å²) in [6, 6.07) is 20.1. The van der Waals surface area contributed by atoms with Crippen LogP contribution in [0, 0.1) is 0 Å². The minimum absolute atomic E-state index is 0. The largest absolute Gasteiger partial charge is 0.356 e. The predicted molar refractivity (Wildman–Crippen MR) is 118 cm³/mol. The van der Waals surface area contributed by atoms with Crippen LogP contribution in [0.5, 0.6) is 0 Å². The molecule has 0 aromatic heterocycles. The molecule has 0 spiro atoms. The number of guanidine groups is 1. The molecule has 2 rings (SSSR count). The Morgan fingerprint density at radius 1 is 0.962 bits per heavy atom. The molecule has 0 fully saturated rings. The number of hydrogen-bond donors (Lipinski definition) is 2. The highest BCUT2D eigenvalue weighted by molar-refractivity contribution is 14.0. The van der Waals surface area contributed by atoms with Crippen molar-refractivity contribution in [3.63, 3.8) is 0 Å². The van der Waals surface area contributed by atoms with Gasteiger partial charge in [0.2, 0.25) is 5.91 Å². The zero-order valence-electron chi connectivity index (χ0n) is 15.3. The zero-order chi connectivity index (χ0) is 17.9. The molecule has 140 valence electrons. The maximum Gasteiger partial charge on any atom is 0.224 e. The summed E-state index contributed by atoms with van der Waals surface area (Å²) < 4.78 is 0. The van der Waals surface area contributed by atoms with Gasteiger partial charge in [-0.05, 0) is 11.1 Å². The van der Waals surface area contributed by atoms with E-state index in [9.17, 15) is 4.79 Å². The van der Waals surface area contributed by atoms with Crippen molar-refractivity contribution in [3.8, 4) is 0 Å². The number of halogens is 1. The van der Waals surface area contributed by atoms with E-state index in [1.807, 2.05) is 55.6 Å². The Kier molecular flexibility index (Phi) is 10.4. The zero-order valence-corrected chi connectivity index (χ0v) is 17.6. The van der Waals surface area contributed by atoms with Crippen LogP contribution in [0.3, 0.4) is 0 Å². The molecular formula is C20H27IN4O. The van der Waals surface area contributed by atoms with Crippen molar-refractivity contribution in [2.24, 2.45) is 4.99 Å². The van der Waals surface area contributed by atoms with Gasteiger partial charge in [-0.1, -0.05) is 60.7 Å². The topological polar surface area (TPSA) is 56.7 Å². The molecule has 2 aromatic rings. The fourth-order valence-corrected chi connectivity index (χ4v) is 2.43. The van der Waals surface area contributed by atoms with Gasteiger partial charge in [-0.15, -0.1) is 24.0 Å². The van der Waals surface area contributed by atoms with E-state index < -0.39 is 0 Å². The summed E-state index contributed by atoms with van der Waals surface area (Å²) in [4.78, 5) is 18.2. The summed E-state index contributed by atoms with van der Waals surface area (Å²) in [6.45, 7) is 1.87. The molecule has 0 aliphatic heterocycles. The van der Waals surface area contributed by atoms with Crippen LogP contribution < -0.4 is 10.6 Å². The lowest BCUT2D eigenvalue weighted by atomic mass is 10.2. The van der Waals surface area contributed by atoms with E-state index in [0.29, 0.717) is 32.0 Å².